The lowest BCUT2D eigenvalue weighted by Crippen LogP contribution is -2.16. The molecule has 0 radical (unpaired) electrons. The van der Waals surface area contributed by atoms with E-state index in [1.807, 2.05) is 42.5 Å². The highest BCUT2D eigenvalue weighted by Gasteiger charge is 2.12. The van der Waals surface area contributed by atoms with Crippen LogP contribution in [-0.4, -0.2) is 31.1 Å². The van der Waals surface area contributed by atoms with Crippen LogP contribution in [-0.2, 0) is 0 Å². The van der Waals surface area contributed by atoms with Crippen LogP contribution in [0.5, 0.6) is 17.2 Å². The van der Waals surface area contributed by atoms with Crippen LogP contribution in [0.25, 0.3) is 11.1 Å². The van der Waals surface area contributed by atoms with E-state index in [1.165, 1.54) is 31.2 Å². The predicted octanol–water partition coefficient (Wildman–Crippen LogP) is 6.50. The number of ether oxygens (including phenoxy) is 2. The molecule has 3 aromatic rings. The van der Waals surface area contributed by atoms with Crippen molar-refractivity contribution in [2.24, 2.45) is 5.16 Å². The molecule has 0 spiro atoms. The van der Waals surface area contributed by atoms with Crippen molar-refractivity contribution in [3.05, 3.63) is 77.9 Å². The molecule has 7 heteroatoms. The van der Waals surface area contributed by atoms with Gasteiger partial charge in [-0.05, 0) is 59.5 Å². The summed E-state index contributed by atoms with van der Waals surface area (Å²) in [5, 5.41) is 4.07. The number of hydrogen-bond donors (Lipinski definition) is 1. The second kappa shape index (κ2) is 12.9. The van der Waals surface area contributed by atoms with Crippen LogP contribution in [0.3, 0.4) is 0 Å². The first-order valence-electron chi connectivity index (χ1n) is 12.0. The molecule has 35 heavy (non-hydrogen) atoms. The van der Waals surface area contributed by atoms with Crippen molar-refractivity contribution in [2.75, 3.05) is 19.0 Å². The summed E-state index contributed by atoms with van der Waals surface area (Å²) in [6.45, 7) is 3.34. The fourth-order valence-corrected chi connectivity index (χ4v) is 4.28. The lowest BCUT2D eigenvalue weighted by molar-refractivity contribution is 0.0984. The number of amides is 1. The first-order valence-corrected chi connectivity index (χ1v) is 12.9. The number of carbonyl (C=O) groups excluding carboxylic acids is 1. The van der Waals surface area contributed by atoms with E-state index in [4.69, 9.17) is 14.3 Å². The third kappa shape index (κ3) is 7.26. The summed E-state index contributed by atoms with van der Waals surface area (Å²) in [6.07, 6.45) is 6.43. The molecule has 1 heterocycles. The smallest absolute Gasteiger partial charge is 0.261 e. The minimum absolute atomic E-state index is 0.0985. The zero-order valence-electron chi connectivity index (χ0n) is 19.9. The second-order valence-electron chi connectivity index (χ2n) is 8.17. The number of nitrogens with zero attached hydrogens (tertiary/aromatic N) is 1. The van der Waals surface area contributed by atoms with Crippen LogP contribution < -0.4 is 19.0 Å². The van der Waals surface area contributed by atoms with Gasteiger partial charge in [0.1, 0.15) is 13.2 Å². The summed E-state index contributed by atoms with van der Waals surface area (Å²) < 4.78 is 14.1. The summed E-state index contributed by atoms with van der Waals surface area (Å²) in [5.41, 5.74) is 3.65. The van der Waals surface area contributed by atoms with E-state index in [1.54, 1.807) is 30.5 Å². The SMILES string of the molecule is CCCCCCSNC(=O)c1ccc(O/N=C/c2ccc(-c3ccc4c(c3)OCCO4)cc2)cc1. The van der Waals surface area contributed by atoms with Gasteiger partial charge in [-0.1, -0.05) is 73.6 Å². The standard InChI is InChI=1S/C28H30N2O4S/c1-2-3-4-5-18-35-30-28(31)23-10-13-25(14-11-23)34-29-20-21-6-8-22(9-7-21)24-12-15-26-27(19-24)33-17-16-32-26/h6-15,19-20H,2-5,16-18H2,1H3,(H,30,31)/b29-20+. The summed E-state index contributed by atoms with van der Waals surface area (Å²) in [5.74, 6) is 2.96. The normalized spacial score (nSPS) is 12.5. The number of nitrogens with one attached hydrogen (secondary N) is 1. The minimum atomic E-state index is -0.0985. The van der Waals surface area contributed by atoms with Gasteiger partial charge in [0.15, 0.2) is 17.2 Å². The average Bonchev–Trinajstić information content (AvgIpc) is 2.91. The van der Waals surface area contributed by atoms with Gasteiger partial charge in [0.05, 0.1) is 6.21 Å². The number of benzene rings is 3. The Morgan fingerprint density at radius 3 is 2.46 bits per heavy atom. The van der Waals surface area contributed by atoms with Crippen LogP contribution in [0.1, 0.15) is 48.5 Å². The molecule has 1 aliphatic heterocycles. The Labute approximate surface area is 210 Å². The summed E-state index contributed by atoms with van der Waals surface area (Å²) in [4.78, 5) is 17.7. The van der Waals surface area contributed by atoms with Gasteiger partial charge in [-0.3, -0.25) is 9.52 Å². The molecular formula is C28H30N2O4S. The maximum Gasteiger partial charge on any atom is 0.261 e. The number of rotatable bonds is 11. The summed E-state index contributed by atoms with van der Waals surface area (Å²) >= 11 is 1.46. The Kier molecular flexibility index (Phi) is 9.06. The lowest BCUT2D eigenvalue weighted by atomic mass is 10.0. The summed E-state index contributed by atoms with van der Waals surface area (Å²) in [7, 11) is 0. The largest absolute Gasteiger partial charge is 0.486 e. The molecule has 3 aromatic carbocycles. The third-order valence-corrected chi connectivity index (χ3v) is 6.35. The van der Waals surface area contributed by atoms with Crippen LogP contribution in [0.15, 0.2) is 71.9 Å². The number of unbranched alkanes of at least 4 members (excludes halogenated alkanes) is 3. The van der Waals surface area contributed by atoms with Gasteiger partial charge in [-0.15, -0.1) is 0 Å². The maximum absolute atomic E-state index is 12.2. The Morgan fingerprint density at radius 2 is 1.69 bits per heavy atom. The van der Waals surface area contributed by atoms with Crippen molar-refractivity contribution >= 4 is 24.1 Å². The molecule has 0 saturated carbocycles. The van der Waals surface area contributed by atoms with Crippen molar-refractivity contribution < 1.29 is 19.1 Å². The Hall–Kier alpha value is -3.45. The highest BCUT2D eigenvalue weighted by Crippen LogP contribution is 2.34. The predicted molar refractivity (Wildman–Crippen MR) is 142 cm³/mol. The van der Waals surface area contributed by atoms with Crippen molar-refractivity contribution in [1.29, 1.82) is 0 Å². The average molecular weight is 491 g/mol. The molecule has 0 saturated heterocycles. The number of fused-ring (bicyclic) bond motifs is 1. The number of oxime groups is 1. The van der Waals surface area contributed by atoms with Crippen molar-refractivity contribution in [3.8, 4) is 28.4 Å². The number of hydrogen-bond acceptors (Lipinski definition) is 6. The fourth-order valence-electron chi connectivity index (χ4n) is 3.58. The van der Waals surface area contributed by atoms with Crippen molar-refractivity contribution in [1.82, 2.24) is 4.72 Å². The molecule has 1 N–H and O–H groups in total. The van der Waals surface area contributed by atoms with Crippen molar-refractivity contribution in [2.45, 2.75) is 32.6 Å². The van der Waals surface area contributed by atoms with Gasteiger partial charge in [-0.25, -0.2) is 0 Å². The van der Waals surface area contributed by atoms with Crippen LogP contribution in [0.4, 0.5) is 0 Å². The molecule has 0 unspecified atom stereocenters. The zero-order valence-corrected chi connectivity index (χ0v) is 20.7. The van der Waals surface area contributed by atoms with Crippen LogP contribution >= 0.6 is 11.9 Å². The molecule has 0 atom stereocenters. The van der Waals surface area contributed by atoms with E-state index in [9.17, 15) is 4.79 Å². The topological polar surface area (TPSA) is 69.2 Å². The highest BCUT2D eigenvalue weighted by molar-refractivity contribution is 7.97. The first kappa shape index (κ1) is 24.7. The number of carbonyl (C=O) groups is 1. The highest BCUT2D eigenvalue weighted by atomic mass is 32.2. The molecule has 0 aromatic heterocycles. The van der Waals surface area contributed by atoms with Gasteiger partial charge in [-0.2, -0.15) is 0 Å². The summed E-state index contributed by atoms with van der Waals surface area (Å²) in [6, 6.07) is 20.9. The van der Waals surface area contributed by atoms with E-state index in [-0.39, 0.29) is 5.91 Å². The molecule has 4 rings (SSSR count). The zero-order chi connectivity index (χ0) is 24.3. The Morgan fingerprint density at radius 1 is 0.943 bits per heavy atom. The minimum Gasteiger partial charge on any atom is -0.486 e. The van der Waals surface area contributed by atoms with Crippen LogP contribution in [0, 0.1) is 0 Å². The maximum atomic E-state index is 12.2. The van der Waals surface area contributed by atoms with Gasteiger partial charge in [0, 0.05) is 11.3 Å². The van der Waals surface area contributed by atoms with Gasteiger partial charge in [0.25, 0.3) is 5.91 Å². The quantitative estimate of drug-likeness (QED) is 0.144. The van der Waals surface area contributed by atoms with E-state index >= 15 is 0 Å². The molecular weight excluding hydrogens is 460 g/mol. The van der Waals surface area contributed by atoms with E-state index < -0.39 is 0 Å². The second-order valence-corrected chi connectivity index (χ2v) is 9.07. The molecule has 0 bridgehead atoms. The molecule has 0 fully saturated rings. The molecule has 1 aliphatic rings. The monoisotopic (exact) mass is 490 g/mol. The molecule has 182 valence electrons. The van der Waals surface area contributed by atoms with Crippen molar-refractivity contribution in [3.63, 3.8) is 0 Å². The van der Waals surface area contributed by atoms with E-state index in [0.717, 1.165) is 40.4 Å². The molecule has 1 amide bonds. The Bertz CT molecular complexity index is 1130. The Balaban J connectivity index is 1.25. The van der Waals surface area contributed by atoms with E-state index in [0.29, 0.717) is 24.5 Å². The molecule has 0 aliphatic carbocycles. The van der Waals surface area contributed by atoms with Gasteiger partial charge >= 0.3 is 0 Å². The van der Waals surface area contributed by atoms with Gasteiger partial charge in [0.2, 0.25) is 0 Å². The molecule has 6 nitrogen and oxygen atoms in total. The third-order valence-electron chi connectivity index (χ3n) is 5.53. The van der Waals surface area contributed by atoms with Gasteiger partial charge < -0.3 is 14.3 Å². The fraction of sp³-hybridized carbons (Fsp3) is 0.286. The first-order chi connectivity index (χ1) is 17.2. The lowest BCUT2D eigenvalue weighted by Gasteiger charge is -2.18. The van der Waals surface area contributed by atoms with E-state index in [2.05, 4.69) is 16.8 Å². The van der Waals surface area contributed by atoms with Crippen LogP contribution in [0.2, 0.25) is 0 Å².